The van der Waals surface area contributed by atoms with Crippen LogP contribution in [-0.4, -0.2) is 53.2 Å². The first-order valence-corrected chi connectivity index (χ1v) is 10.3. The van der Waals surface area contributed by atoms with Gasteiger partial charge in [0.15, 0.2) is 0 Å². The lowest BCUT2D eigenvalue weighted by Crippen LogP contribution is -2.49. The standard InChI is InChI=1S/C20H26N4OS/c1-14(2)18-21-15(3)17(19(22-18)26-4)20(25)24-12-10-23(11-13-24)16-8-6-5-7-9-16/h5-9,14H,10-13H2,1-4H3. The van der Waals surface area contributed by atoms with Crippen LogP contribution in [0.4, 0.5) is 5.69 Å². The second kappa shape index (κ2) is 8.08. The van der Waals surface area contributed by atoms with Gasteiger partial charge in [0.25, 0.3) is 5.91 Å². The number of piperazine rings is 1. The topological polar surface area (TPSA) is 49.3 Å². The van der Waals surface area contributed by atoms with Gasteiger partial charge in [0, 0.05) is 37.8 Å². The molecular formula is C20H26N4OS. The largest absolute Gasteiger partial charge is 0.368 e. The number of carbonyl (C=O) groups excluding carboxylic acids is 1. The van der Waals surface area contributed by atoms with Crippen LogP contribution < -0.4 is 4.90 Å². The number of hydrogen-bond donors (Lipinski definition) is 0. The number of aromatic nitrogens is 2. The van der Waals surface area contributed by atoms with Gasteiger partial charge in [-0.3, -0.25) is 4.79 Å². The minimum absolute atomic E-state index is 0.0508. The van der Waals surface area contributed by atoms with Crippen LogP contribution in [0.5, 0.6) is 0 Å². The van der Waals surface area contributed by atoms with E-state index in [4.69, 9.17) is 0 Å². The highest BCUT2D eigenvalue weighted by Gasteiger charge is 2.27. The monoisotopic (exact) mass is 370 g/mol. The predicted octanol–water partition coefficient (Wildman–Crippen LogP) is 3.59. The molecule has 1 saturated heterocycles. The van der Waals surface area contributed by atoms with Gasteiger partial charge in [0.2, 0.25) is 0 Å². The van der Waals surface area contributed by atoms with Crippen LogP contribution in [0.1, 0.15) is 41.6 Å². The third-order valence-electron chi connectivity index (χ3n) is 4.69. The highest BCUT2D eigenvalue weighted by molar-refractivity contribution is 7.98. The highest BCUT2D eigenvalue weighted by atomic mass is 32.2. The summed E-state index contributed by atoms with van der Waals surface area (Å²) in [6, 6.07) is 10.4. The Morgan fingerprint density at radius 2 is 1.73 bits per heavy atom. The molecule has 2 aromatic rings. The molecule has 0 saturated carbocycles. The normalized spacial score (nSPS) is 14.8. The van der Waals surface area contributed by atoms with Gasteiger partial charge >= 0.3 is 0 Å². The number of anilines is 1. The van der Waals surface area contributed by atoms with Crippen molar-refractivity contribution in [2.75, 3.05) is 37.3 Å². The Kier molecular flexibility index (Phi) is 5.81. The maximum atomic E-state index is 13.1. The van der Waals surface area contributed by atoms with Crippen LogP contribution in [0.25, 0.3) is 0 Å². The molecule has 0 aliphatic carbocycles. The molecule has 0 unspecified atom stereocenters. The fourth-order valence-corrected chi connectivity index (χ4v) is 3.81. The van der Waals surface area contributed by atoms with Crippen LogP contribution in [0.2, 0.25) is 0 Å². The van der Waals surface area contributed by atoms with Crippen LogP contribution in [0.3, 0.4) is 0 Å². The van der Waals surface area contributed by atoms with Gasteiger partial charge in [-0.25, -0.2) is 9.97 Å². The Morgan fingerprint density at radius 1 is 1.08 bits per heavy atom. The Bertz CT molecular complexity index is 771. The van der Waals surface area contributed by atoms with E-state index in [2.05, 4.69) is 53.0 Å². The molecular weight excluding hydrogens is 344 g/mol. The van der Waals surface area contributed by atoms with E-state index in [0.717, 1.165) is 29.6 Å². The molecule has 1 aromatic carbocycles. The van der Waals surface area contributed by atoms with Gasteiger partial charge in [0.1, 0.15) is 10.9 Å². The zero-order valence-corrected chi connectivity index (χ0v) is 16.7. The maximum absolute atomic E-state index is 13.1. The van der Waals surface area contributed by atoms with Crippen LogP contribution in [-0.2, 0) is 0 Å². The number of para-hydroxylation sites is 1. The molecule has 1 aromatic heterocycles. The molecule has 1 fully saturated rings. The molecule has 2 heterocycles. The third-order valence-corrected chi connectivity index (χ3v) is 5.37. The molecule has 1 aliphatic heterocycles. The first-order chi connectivity index (χ1) is 12.5. The smallest absolute Gasteiger partial charge is 0.258 e. The minimum atomic E-state index is 0.0508. The third kappa shape index (κ3) is 3.85. The van der Waals surface area contributed by atoms with Gasteiger partial charge in [-0.05, 0) is 25.3 Å². The second-order valence-corrected chi connectivity index (χ2v) is 7.62. The number of benzene rings is 1. The summed E-state index contributed by atoms with van der Waals surface area (Å²) in [5.74, 6) is 1.10. The summed E-state index contributed by atoms with van der Waals surface area (Å²) in [5.41, 5.74) is 2.66. The van der Waals surface area contributed by atoms with Gasteiger partial charge in [-0.1, -0.05) is 32.0 Å². The Morgan fingerprint density at radius 3 is 2.31 bits per heavy atom. The van der Waals surface area contributed by atoms with Gasteiger partial charge in [0.05, 0.1) is 11.3 Å². The number of aryl methyl sites for hydroxylation is 1. The lowest BCUT2D eigenvalue weighted by molar-refractivity contribution is 0.0741. The van der Waals surface area contributed by atoms with Crippen LogP contribution in [0, 0.1) is 6.92 Å². The number of thioether (sulfide) groups is 1. The first-order valence-electron chi connectivity index (χ1n) is 9.03. The maximum Gasteiger partial charge on any atom is 0.258 e. The summed E-state index contributed by atoms with van der Waals surface area (Å²) >= 11 is 1.52. The molecule has 0 radical (unpaired) electrons. The van der Waals surface area contributed by atoms with Gasteiger partial charge < -0.3 is 9.80 Å². The average Bonchev–Trinajstić information content (AvgIpc) is 2.67. The molecule has 3 rings (SSSR count). The fraction of sp³-hybridized carbons (Fsp3) is 0.450. The first kappa shape index (κ1) is 18.7. The molecule has 138 valence electrons. The Labute approximate surface area is 159 Å². The lowest BCUT2D eigenvalue weighted by atomic mass is 10.1. The van der Waals surface area contributed by atoms with Crippen molar-refractivity contribution >= 4 is 23.4 Å². The number of amides is 1. The molecule has 0 N–H and O–H groups in total. The van der Waals surface area contributed by atoms with Crippen molar-refractivity contribution in [1.82, 2.24) is 14.9 Å². The van der Waals surface area contributed by atoms with E-state index < -0.39 is 0 Å². The average molecular weight is 371 g/mol. The number of hydrogen-bond acceptors (Lipinski definition) is 5. The molecule has 0 bridgehead atoms. The molecule has 26 heavy (non-hydrogen) atoms. The quantitative estimate of drug-likeness (QED) is 0.608. The van der Waals surface area contributed by atoms with E-state index in [1.165, 1.54) is 17.4 Å². The Balaban J connectivity index is 1.76. The number of rotatable bonds is 4. The van der Waals surface area contributed by atoms with Crippen molar-refractivity contribution < 1.29 is 4.79 Å². The molecule has 0 atom stereocenters. The van der Waals surface area contributed by atoms with E-state index in [-0.39, 0.29) is 11.8 Å². The van der Waals surface area contributed by atoms with Crippen molar-refractivity contribution in [3.63, 3.8) is 0 Å². The zero-order chi connectivity index (χ0) is 18.7. The number of nitrogens with zero attached hydrogens (tertiary/aromatic N) is 4. The van der Waals surface area contributed by atoms with Crippen molar-refractivity contribution in [3.8, 4) is 0 Å². The molecule has 1 amide bonds. The van der Waals surface area contributed by atoms with Crippen LogP contribution in [0.15, 0.2) is 35.4 Å². The summed E-state index contributed by atoms with van der Waals surface area (Å²) in [6.07, 6.45) is 1.97. The van der Waals surface area contributed by atoms with E-state index in [0.29, 0.717) is 18.7 Å². The van der Waals surface area contributed by atoms with E-state index in [9.17, 15) is 4.79 Å². The molecule has 0 spiro atoms. The van der Waals surface area contributed by atoms with Crippen LogP contribution >= 0.6 is 11.8 Å². The molecule has 1 aliphatic rings. The lowest BCUT2D eigenvalue weighted by Gasteiger charge is -2.36. The van der Waals surface area contributed by atoms with Gasteiger partial charge in [-0.15, -0.1) is 11.8 Å². The zero-order valence-electron chi connectivity index (χ0n) is 15.9. The van der Waals surface area contributed by atoms with Crippen molar-refractivity contribution in [3.05, 3.63) is 47.4 Å². The highest BCUT2D eigenvalue weighted by Crippen LogP contribution is 2.25. The summed E-state index contributed by atoms with van der Waals surface area (Å²) in [4.78, 5) is 26.6. The number of carbonyl (C=O) groups is 1. The summed E-state index contributed by atoms with van der Waals surface area (Å²) in [5, 5.41) is 0.789. The fourth-order valence-electron chi connectivity index (χ4n) is 3.18. The second-order valence-electron chi connectivity index (χ2n) is 6.82. The molecule has 6 heteroatoms. The van der Waals surface area contributed by atoms with Crippen molar-refractivity contribution in [1.29, 1.82) is 0 Å². The predicted molar refractivity (Wildman–Crippen MR) is 107 cm³/mol. The Hall–Kier alpha value is -2.08. The van der Waals surface area contributed by atoms with E-state index in [1.807, 2.05) is 24.1 Å². The van der Waals surface area contributed by atoms with Crippen molar-refractivity contribution in [2.45, 2.75) is 31.7 Å². The summed E-state index contributed by atoms with van der Waals surface area (Å²) < 4.78 is 0. The van der Waals surface area contributed by atoms with E-state index >= 15 is 0 Å². The summed E-state index contributed by atoms with van der Waals surface area (Å²) in [7, 11) is 0. The van der Waals surface area contributed by atoms with E-state index in [1.54, 1.807) is 0 Å². The summed E-state index contributed by atoms with van der Waals surface area (Å²) in [6.45, 7) is 9.18. The van der Waals surface area contributed by atoms with Crippen molar-refractivity contribution in [2.24, 2.45) is 0 Å². The SMILES string of the molecule is CSc1nc(C(C)C)nc(C)c1C(=O)N1CCN(c2ccccc2)CC1. The minimum Gasteiger partial charge on any atom is -0.368 e. The van der Waals surface area contributed by atoms with Gasteiger partial charge in [-0.2, -0.15) is 0 Å². The molecule has 5 nitrogen and oxygen atoms in total.